The average molecular weight is 245 g/mol. The van der Waals surface area contributed by atoms with Gasteiger partial charge in [0.1, 0.15) is 17.9 Å². The Morgan fingerprint density at radius 1 is 1.22 bits per heavy atom. The molecule has 0 radical (unpaired) electrons. The summed E-state index contributed by atoms with van der Waals surface area (Å²) < 4.78 is 10.7. The molecule has 0 bridgehead atoms. The maximum Gasteiger partial charge on any atom is 0.224 e. The Labute approximate surface area is 106 Å². The third-order valence-electron chi connectivity index (χ3n) is 2.33. The van der Waals surface area contributed by atoms with Gasteiger partial charge in [0.25, 0.3) is 0 Å². The summed E-state index contributed by atoms with van der Waals surface area (Å²) >= 11 is 0. The van der Waals surface area contributed by atoms with E-state index in [9.17, 15) is 0 Å². The highest BCUT2D eigenvalue weighted by Gasteiger charge is 2.01. The fourth-order valence-electron chi connectivity index (χ4n) is 1.52. The molecule has 94 valence electrons. The van der Waals surface area contributed by atoms with Gasteiger partial charge in [-0.1, -0.05) is 12.1 Å². The third-order valence-corrected chi connectivity index (χ3v) is 2.33. The predicted molar refractivity (Wildman–Crippen MR) is 68.8 cm³/mol. The molecule has 5 nitrogen and oxygen atoms in total. The summed E-state index contributed by atoms with van der Waals surface area (Å²) in [4.78, 5) is 8.08. The van der Waals surface area contributed by atoms with Crippen LogP contribution in [-0.4, -0.2) is 24.1 Å². The Hall–Kier alpha value is -2.14. The van der Waals surface area contributed by atoms with Crippen LogP contribution in [0.3, 0.4) is 0 Å². The predicted octanol–water partition coefficient (Wildman–Crippen LogP) is 2.46. The molecule has 1 aromatic carbocycles. The van der Waals surface area contributed by atoms with E-state index in [1.54, 1.807) is 20.2 Å². The molecule has 1 aromatic heterocycles. The SMILES string of the molecule is CNc1cc(Oc2cccc(COC)c2)ncn1. The van der Waals surface area contributed by atoms with Gasteiger partial charge < -0.3 is 14.8 Å². The topological polar surface area (TPSA) is 56.3 Å². The van der Waals surface area contributed by atoms with Crippen molar-refractivity contribution in [1.29, 1.82) is 0 Å². The van der Waals surface area contributed by atoms with E-state index < -0.39 is 0 Å². The minimum Gasteiger partial charge on any atom is -0.439 e. The van der Waals surface area contributed by atoms with Crippen molar-refractivity contribution in [2.45, 2.75) is 6.61 Å². The Morgan fingerprint density at radius 2 is 2.11 bits per heavy atom. The van der Waals surface area contributed by atoms with Gasteiger partial charge in [0.05, 0.1) is 6.61 Å². The monoisotopic (exact) mass is 245 g/mol. The molecule has 0 amide bonds. The number of nitrogens with one attached hydrogen (secondary N) is 1. The van der Waals surface area contributed by atoms with Crippen LogP contribution in [0.25, 0.3) is 0 Å². The molecule has 1 N–H and O–H groups in total. The lowest BCUT2D eigenvalue weighted by molar-refractivity contribution is 0.184. The first-order valence-electron chi connectivity index (χ1n) is 5.57. The molecule has 18 heavy (non-hydrogen) atoms. The summed E-state index contributed by atoms with van der Waals surface area (Å²) in [6.07, 6.45) is 1.46. The largest absolute Gasteiger partial charge is 0.439 e. The van der Waals surface area contributed by atoms with Crippen LogP contribution in [0.2, 0.25) is 0 Å². The maximum atomic E-state index is 5.66. The lowest BCUT2D eigenvalue weighted by atomic mass is 10.2. The molecular formula is C13H15N3O2. The Kier molecular flexibility index (Phi) is 4.09. The van der Waals surface area contributed by atoms with Crippen LogP contribution in [0, 0.1) is 0 Å². The van der Waals surface area contributed by atoms with Crippen molar-refractivity contribution in [3.63, 3.8) is 0 Å². The minimum atomic E-state index is 0.504. The summed E-state index contributed by atoms with van der Waals surface area (Å²) in [5.74, 6) is 1.95. The molecule has 0 aliphatic rings. The summed E-state index contributed by atoms with van der Waals surface area (Å²) in [6, 6.07) is 9.44. The first-order chi connectivity index (χ1) is 8.81. The zero-order valence-corrected chi connectivity index (χ0v) is 10.4. The van der Waals surface area contributed by atoms with Crippen molar-refractivity contribution in [3.8, 4) is 11.6 Å². The molecule has 2 rings (SSSR count). The molecule has 0 fully saturated rings. The number of hydrogen-bond donors (Lipinski definition) is 1. The van der Waals surface area contributed by atoms with Crippen molar-refractivity contribution in [2.24, 2.45) is 0 Å². The first kappa shape index (κ1) is 12.3. The van der Waals surface area contributed by atoms with Gasteiger partial charge >= 0.3 is 0 Å². The fourth-order valence-corrected chi connectivity index (χ4v) is 1.52. The molecule has 0 aliphatic heterocycles. The standard InChI is InChI=1S/C13H15N3O2/c1-14-12-7-13(16-9-15-12)18-11-5-3-4-10(6-11)8-17-2/h3-7,9H,8H2,1-2H3,(H,14,15,16). The van der Waals surface area contributed by atoms with E-state index in [0.717, 1.165) is 11.3 Å². The average Bonchev–Trinajstić information content (AvgIpc) is 2.40. The van der Waals surface area contributed by atoms with Crippen LogP contribution in [0.15, 0.2) is 36.7 Å². The molecule has 0 unspecified atom stereocenters. The second kappa shape index (κ2) is 5.97. The van der Waals surface area contributed by atoms with Crippen LogP contribution < -0.4 is 10.1 Å². The zero-order chi connectivity index (χ0) is 12.8. The number of methoxy groups -OCH3 is 1. The smallest absolute Gasteiger partial charge is 0.224 e. The van der Waals surface area contributed by atoms with Gasteiger partial charge in [0, 0.05) is 20.2 Å². The highest BCUT2D eigenvalue weighted by molar-refractivity contribution is 5.38. The summed E-state index contributed by atoms with van der Waals surface area (Å²) in [7, 11) is 3.46. The van der Waals surface area contributed by atoms with Crippen LogP contribution in [0.5, 0.6) is 11.6 Å². The van der Waals surface area contributed by atoms with E-state index in [4.69, 9.17) is 9.47 Å². The third kappa shape index (κ3) is 3.18. The first-order valence-corrected chi connectivity index (χ1v) is 5.57. The van der Waals surface area contributed by atoms with E-state index in [2.05, 4.69) is 15.3 Å². The summed E-state index contributed by atoms with van der Waals surface area (Å²) in [6.45, 7) is 0.558. The molecule has 0 atom stereocenters. The highest BCUT2D eigenvalue weighted by Crippen LogP contribution is 2.21. The van der Waals surface area contributed by atoms with Gasteiger partial charge in [-0.2, -0.15) is 0 Å². The number of benzene rings is 1. The van der Waals surface area contributed by atoms with Gasteiger partial charge in [-0.05, 0) is 17.7 Å². The molecule has 1 heterocycles. The lowest BCUT2D eigenvalue weighted by Crippen LogP contribution is -1.95. The van der Waals surface area contributed by atoms with Crippen molar-refractivity contribution in [3.05, 3.63) is 42.2 Å². The van der Waals surface area contributed by atoms with Crippen LogP contribution in [-0.2, 0) is 11.3 Å². The molecule has 0 saturated carbocycles. The van der Waals surface area contributed by atoms with E-state index in [1.807, 2.05) is 24.3 Å². The van der Waals surface area contributed by atoms with Crippen molar-refractivity contribution in [2.75, 3.05) is 19.5 Å². The molecule has 2 aromatic rings. The van der Waals surface area contributed by atoms with Gasteiger partial charge in [0.15, 0.2) is 0 Å². The van der Waals surface area contributed by atoms with Crippen molar-refractivity contribution < 1.29 is 9.47 Å². The fraction of sp³-hybridized carbons (Fsp3) is 0.231. The molecule has 0 aliphatic carbocycles. The zero-order valence-electron chi connectivity index (χ0n) is 10.4. The van der Waals surface area contributed by atoms with Crippen LogP contribution in [0.1, 0.15) is 5.56 Å². The number of aromatic nitrogens is 2. The second-order valence-corrected chi connectivity index (χ2v) is 3.67. The van der Waals surface area contributed by atoms with Gasteiger partial charge in [-0.3, -0.25) is 0 Å². The van der Waals surface area contributed by atoms with E-state index in [1.165, 1.54) is 6.33 Å². The van der Waals surface area contributed by atoms with E-state index in [0.29, 0.717) is 18.3 Å². The lowest BCUT2D eigenvalue weighted by Gasteiger charge is -2.07. The van der Waals surface area contributed by atoms with Gasteiger partial charge in [0.2, 0.25) is 5.88 Å². The van der Waals surface area contributed by atoms with Crippen molar-refractivity contribution >= 4 is 5.82 Å². The Balaban J connectivity index is 2.14. The second-order valence-electron chi connectivity index (χ2n) is 3.67. The van der Waals surface area contributed by atoms with Gasteiger partial charge in [-0.25, -0.2) is 9.97 Å². The molecule has 0 saturated heterocycles. The number of anilines is 1. The normalized spacial score (nSPS) is 10.1. The van der Waals surface area contributed by atoms with E-state index >= 15 is 0 Å². The summed E-state index contributed by atoms with van der Waals surface area (Å²) in [5, 5.41) is 2.93. The highest BCUT2D eigenvalue weighted by atomic mass is 16.5. The Bertz CT molecular complexity index is 517. The van der Waals surface area contributed by atoms with Crippen molar-refractivity contribution in [1.82, 2.24) is 9.97 Å². The number of hydrogen-bond acceptors (Lipinski definition) is 5. The summed E-state index contributed by atoms with van der Waals surface area (Å²) in [5.41, 5.74) is 1.05. The molecule has 0 spiro atoms. The Morgan fingerprint density at radius 3 is 2.89 bits per heavy atom. The maximum absolute atomic E-state index is 5.66. The molecular weight excluding hydrogens is 230 g/mol. The van der Waals surface area contributed by atoms with E-state index in [-0.39, 0.29) is 0 Å². The minimum absolute atomic E-state index is 0.504. The number of ether oxygens (including phenoxy) is 2. The van der Waals surface area contributed by atoms with Gasteiger partial charge in [-0.15, -0.1) is 0 Å². The number of nitrogens with zero attached hydrogens (tertiary/aromatic N) is 2. The molecule has 5 heteroatoms. The van der Waals surface area contributed by atoms with Crippen LogP contribution >= 0.6 is 0 Å². The van der Waals surface area contributed by atoms with Crippen LogP contribution in [0.4, 0.5) is 5.82 Å². The number of rotatable bonds is 5. The quantitative estimate of drug-likeness (QED) is 0.876.